The van der Waals surface area contributed by atoms with Crippen LogP contribution in [0.3, 0.4) is 0 Å². The van der Waals surface area contributed by atoms with Crippen LogP contribution in [-0.2, 0) is 12.8 Å². The molecule has 0 aliphatic heterocycles. The van der Waals surface area contributed by atoms with E-state index < -0.39 is 0 Å². The maximum absolute atomic E-state index is 9.89. The Labute approximate surface area is 183 Å². The number of pyridine rings is 2. The lowest BCUT2D eigenvalue weighted by molar-refractivity contribution is 0.848. The molecule has 154 valence electrons. The number of hydrogen-bond donors (Lipinski definition) is 1. The number of nitrogens with two attached hydrogens (primary N) is 1. The van der Waals surface area contributed by atoms with Crippen LogP contribution in [0.1, 0.15) is 23.1 Å². The number of hydrogen-bond acceptors (Lipinski definition) is 6. The van der Waals surface area contributed by atoms with E-state index in [1.165, 1.54) is 11.1 Å². The summed E-state index contributed by atoms with van der Waals surface area (Å²) >= 11 is 0. The molecule has 0 saturated heterocycles. The van der Waals surface area contributed by atoms with Gasteiger partial charge in [-0.1, -0.05) is 6.07 Å². The van der Waals surface area contributed by atoms with Gasteiger partial charge in [0.2, 0.25) is 0 Å². The number of anilines is 1. The molecule has 6 rings (SSSR count). The fourth-order valence-electron chi connectivity index (χ4n) is 4.37. The number of fused-ring (bicyclic) bond motifs is 2. The lowest BCUT2D eigenvalue weighted by Crippen LogP contribution is -2.04. The molecule has 0 unspecified atom stereocenters. The van der Waals surface area contributed by atoms with Crippen LogP contribution in [0.4, 0.5) is 5.82 Å². The summed E-state index contributed by atoms with van der Waals surface area (Å²) in [5.41, 5.74) is 12.1. The van der Waals surface area contributed by atoms with Gasteiger partial charge in [-0.25, -0.2) is 19.6 Å². The highest BCUT2D eigenvalue weighted by atomic mass is 15.3. The molecular formula is C24H18N8. The van der Waals surface area contributed by atoms with Crippen molar-refractivity contribution >= 4 is 17.0 Å². The Bertz CT molecular complexity index is 1520. The molecule has 0 spiro atoms. The SMILES string of the molecule is N#Cc1cc(-n2cccn2)nc2c1nc(-c1cccnc1N)n2-c1ccc2c(c1)CCC2. The molecule has 1 aromatic carbocycles. The van der Waals surface area contributed by atoms with Crippen molar-refractivity contribution in [2.45, 2.75) is 19.3 Å². The average Bonchev–Trinajstić information content (AvgIpc) is 3.57. The highest BCUT2D eigenvalue weighted by Gasteiger charge is 2.22. The van der Waals surface area contributed by atoms with Crippen molar-refractivity contribution in [1.29, 1.82) is 5.26 Å². The number of nitriles is 1. The lowest BCUT2D eigenvalue weighted by Gasteiger charge is -2.12. The summed E-state index contributed by atoms with van der Waals surface area (Å²) in [6, 6.07) is 15.9. The predicted octanol–water partition coefficient (Wildman–Crippen LogP) is 3.61. The maximum Gasteiger partial charge on any atom is 0.168 e. The quantitative estimate of drug-likeness (QED) is 0.479. The van der Waals surface area contributed by atoms with E-state index >= 15 is 0 Å². The van der Waals surface area contributed by atoms with E-state index in [-0.39, 0.29) is 0 Å². The second-order valence-electron chi connectivity index (χ2n) is 7.78. The van der Waals surface area contributed by atoms with Crippen LogP contribution in [0.15, 0.2) is 61.1 Å². The fourth-order valence-corrected chi connectivity index (χ4v) is 4.37. The molecular weight excluding hydrogens is 400 g/mol. The van der Waals surface area contributed by atoms with Gasteiger partial charge in [0.05, 0.1) is 11.1 Å². The van der Waals surface area contributed by atoms with Crippen molar-refractivity contribution < 1.29 is 0 Å². The van der Waals surface area contributed by atoms with Crippen molar-refractivity contribution in [3.05, 3.63) is 77.7 Å². The van der Waals surface area contributed by atoms with Crippen molar-refractivity contribution in [3.63, 3.8) is 0 Å². The van der Waals surface area contributed by atoms with Crippen molar-refractivity contribution in [3.8, 4) is 29.0 Å². The minimum Gasteiger partial charge on any atom is -0.383 e. The van der Waals surface area contributed by atoms with Crippen LogP contribution in [0.25, 0.3) is 34.1 Å². The first kappa shape index (κ1) is 18.3. The second kappa shape index (κ2) is 7.03. The minimum atomic E-state index is 0.371. The van der Waals surface area contributed by atoms with Crippen LogP contribution in [-0.4, -0.2) is 29.3 Å². The standard InChI is InChI=1S/C24H18N8/c25-14-17-13-20(31-11-3-10-28-31)29-24-21(17)30-23(19-6-2-9-27-22(19)26)32(24)18-8-7-15-4-1-5-16(15)12-18/h2-3,6-13H,1,4-5H2,(H2,26,27). The maximum atomic E-state index is 9.89. The van der Waals surface area contributed by atoms with Gasteiger partial charge in [-0.2, -0.15) is 10.4 Å². The summed E-state index contributed by atoms with van der Waals surface area (Å²) in [6.07, 6.45) is 8.43. The number of aryl methyl sites for hydroxylation is 2. The summed E-state index contributed by atoms with van der Waals surface area (Å²) < 4.78 is 3.60. The first-order chi connectivity index (χ1) is 15.7. The largest absolute Gasteiger partial charge is 0.383 e. The number of rotatable bonds is 3. The molecule has 0 atom stereocenters. The molecule has 0 saturated carbocycles. The number of nitrogen functional groups attached to an aromatic ring is 1. The number of nitrogens with zero attached hydrogens (tertiary/aromatic N) is 7. The summed E-state index contributed by atoms with van der Waals surface area (Å²) in [7, 11) is 0. The van der Waals surface area contributed by atoms with Gasteiger partial charge in [-0.05, 0) is 60.7 Å². The van der Waals surface area contributed by atoms with E-state index in [4.69, 9.17) is 15.7 Å². The highest BCUT2D eigenvalue weighted by molar-refractivity contribution is 5.87. The smallest absolute Gasteiger partial charge is 0.168 e. The third-order valence-corrected chi connectivity index (χ3v) is 5.88. The number of imidazole rings is 1. The van der Waals surface area contributed by atoms with Gasteiger partial charge in [0, 0.05) is 30.3 Å². The summed E-state index contributed by atoms with van der Waals surface area (Å²) in [4.78, 5) is 13.9. The molecule has 0 fully saturated rings. The molecule has 0 bridgehead atoms. The Morgan fingerprint density at radius 1 is 1.00 bits per heavy atom. The topological polar surface area (TPSA) is 111 Å². The molecule has 4 aromatic heterocycles. The van der Waals surface area contributed by atoms with Crippen molar-refractivity contribution in [2.75, 3.05) is 5.73 Å². The van der Waals surface area contributed by atoms with E-state index in [0.29, 0.717) is 39.8 Å². The van der Waals surface area contributed by atoms with Crippen LogP contribution in [0.5, 0.6) is 0 Å². The van der Waals surface area contributed by atoms with E-state index in [1.807, 2.05) is 22.8 Å². The predicted molar refractivity (Wildman–Crippen MR) is 120 cm³/mol. The normalized spacial score (nSPS) is 12.7. The van der Waals surface area contributed by atoms with Gasteiger partial charge in [-0.15, -0.1) is 0 Å². The van der Waals surface area contributed by atoms with Gasteiger partial charge >= 0.3 is 0 Å². The first-order valence-electron chi connectivity index (χ1n) is 10.4. The van der Waals surface area contributed by atoms with Gasteiger partial charge < -0.3 is 5.73 Å². The molecule has 4 heterocycles. The zero-order chi connectivity index (χ0) is 21.7. The Hall–Kier alpha value is -4.51. The molecule has 1 aliphatic rings. The molecule has 8 heteroatoms. The van der Waals surface area contributed by atoms with Gasteiger partial charge in [0.25, 0.3) is 0 Å². The zero-order valence-corrected chi connectivity index (χ0v) is 17.1. The van der Waals surface area contributed by atoms with Crippen LogP contribution in [0, 0.1) is 11.3 Å². The van der Waals surface area contributed by atoms with Gasteiger partial charge in [0.1, 0.15) is 17.4 Å². The zero-order valence-electron chi connectivity index (χ0n) is 17.1. The van der Waals surface area contributed by atoms with E-state index in [9.17, 15) is 5.26 Å². The Morgan fingerprint density at radius 2 is 1.91 bits per heavy atom. The van der Waals surface area contributed by atoms with E-state index in [1.54, 1.807) is 29.3 Å². The summed E-state index contributed by atoms with van der Waals surface area (Å²) in [5, 5.41) is 14.2. The molecule has 32 heavy (non-hydrogen) atoms. The Balaban J connectivity index is 1.71. The van der Waals surface area contributed by atoms with Gasteiger partial charge in [0.15, 0.2) is 17.3 Å². The van der Waals surface area contributed by atoms with Crippen molar-refractivity contribution in [2.24, 2.45) is 0 Å². The van der Waals surface area contributed by atoms with E-state index in [0.717, 1.165) is 24.9 Å². The molecule has 8 nitrogen and oxygen atoms in total. The van der Waals surface area contributed by atoms with E-state index in [2.05, 4.69) is 34.4 Å². The first-order valence-corrected chi connectivity index (χ1v) is 10.4. The summed E-state index contributed by atoms with van der Waals surface area (Å²) in [6.45, 7) is 0. The van der Waals surface area contributed by atoms with Crippen LogP contribution >= 0.6 is 0 Å². The molecule has 0 radical (unpaired) electrons. The van der Waals surface area contributed by atoms with Crippen LogP contribution < -0.4 is 5.73 Å². The Morgan fingerprint density at radius 3 is 2.72 bits per heavy atom. The average molecular weight is 418 g/mol. The molecule has 0 amide bonds. The van der Waals surface area contributed by atoms with Gasteiger partial charge in [-0.3, -0.25) is 4.57 Å². The monoisotopic (exact) mass is 418 g/mol. The minimum absolute atomic E-state index is 0.371. The number of benzene rings is 1. The molecule has 5 aromatic rings. The van der Waals surface area contributed by atoms with Crippen LogP contribution in [0.2, 0.25) is 0 Å². The molecule has 1 aliphatic carbocycles. The summed E-state index contributed by atoms with van der Waals surface area (Å²) in [5.74, 6) is 1.52. The third-order valence-electron chi connectivity index (χ3n) is 5.88. The lowest BCUT2D eigenvalue weighted by atomic mass is 10.1. The molecule has 2 N–H and O–H groups in total. The highest BCUT2D eigenvalue weighted by Crippen LogP contribution is 2.33. The Kier molecular flexibility index (Phi) is 4.01. The number of aromatic nitrogens is 6. The fraction of sp³-hybridized carbons (Fsp3) is 0.125. The second-order valence-corrected chi connectivity index (χ2v) is 7.78. The van der Waals surface area contributed by atoms with Crippen molar-refractivity contribution in [1.82, 2.24) is 29.3 Å². The third kappa shape index (κ3) is 2.76.